The minimum atomic E-state index is -2.44. The molecule has 4 aliphatic rings. The molecule has 7 rings (SSSR count). The Hall–Kier alpha value is -6.17. The van der Waals surface area contributed by atoms with Gasteiger partial charge in [0.15, 0.2) is 5.60 Å². The van der Waals surface area contributed by atoms with Gasteiger partial charge in [-0.05, 0) is 51.0 Å². The fraction of sp³-hybridized carbons (Fsp3) is 0.510. The molecule has 1 aliphatic heterocycles. The van der Waals surface area contributed by atoms with E-state index in [0.717, 1.165) is 6.92 Å². The van der Waals surface area contributed by atoms with E-state index in [-0.39, 0.29) is 30.8 Å². The van der Waals surface area contributed by atoms with E-state index in [1.54, 1.807) is 107 Å². The molecule has 2 bridgehead atoms. The van der Waals surface area contributed by atoms with Crippen LogP contribution in [-0.2, 0) is 58.9 Å². The minimum absolute atomic E-state index is 0.0478. The van der Waals surface area contributed by atoms with Crippen molar-refractivity contribution in [2.45, 2.75) is 128 Å². The molecule has 3 aromatic carbocycles. The lowest BCUT2D eigenvalue weighted by molar-refractivity contribution is -0.350. The number of rotatable bonds is 11. The number of fused-ring (bicyclic) bond motifs is 5. The van der Waals surface area contributed by atoms with Crippen molar-refractivity contribution in [3.05, 3.63) is 108 Å². The highest BCUT2D eigenvalue weighted by molar-refractivity contribution is 6.40. The average Bonchev–Trinajstić information content (AvgIpc) is 3.28. The van der Waals surface area contributed by atoms with Gasteiger partial charge in [0.05, 0.1) is 29.6 Å². The largest absolute Gasteiger partial charge is 0.509 e. The summed E-state index contributed by atoms with van der Waals surface area (Å²) in [6, 6.07) is 23.0. The number of nitrogens with one attached hydrogen (secondary N) is 1. The summed E-state index contributed by atoms with van der Waals surface area (Å²) in [5, 5.41) is 28.3. The van der Waals surface area contributed by atoms with Crippen LogP contribution < -0.4 is 5.32 Å². The Morgan fingerprint density at radius 1 is 0.882 bits per heavy atom. The lowest BCUT2D eigenvalue weighted by Crippen LogP contribution is -2.82. The molecule has 17 nitrogen and oxygen atoms in total. The Morgan fingerprint density at radius 3 is 2.06 bits per heavy atom. The van der Waals surface area contributed by atoms with Crippen molar-refractivity contribution in [3.8, 4) is 0 Å². The van der Waals surface area contributed by atoms with Crippen LogP contribution in [0.1, 0.15) is 95.8 Å². The third-order valence-corrected chi connectivity index (χ3v) is 14.3. The van der Waals surface area contributed by atoms with E-state index >= 15 is 14.4 Å². The van der Waals surface area contributed by atoms with Gasteiger partial charge in [-0.2, -0.15) is 0 Å². The highest BCUT2D eigenvalue weighted by Crippen LogP contribution is 2.64. The molecule has 3 N–H and O–H groups in total. The number of esters is 3. The molecule has 0 aromatic heterocycles. The van der Waals surface area contributed by atoms with Crippen LogP contribution in [0.2, 0.25) is 0 Å². The zero-order valence-electron chi connectivity index (χ0n) is 39.3. The molecule has 3 saturated carbocycles. The summed E-state index contributed by atoms with van der Waals surface area (Å²) in [6.45, 7) is 11.4. The Balaban J connectivity index is 1.34. The van der Waals surface area contributed by atoms with Crippen molar-refractivity contribution < 1.29 is 76.9 Å². The van der Waals surface area contributed by atoms with Crippen molar-refractivity contribution >= 4 is 41.7 Å². The van der Waals surface area contributed by atoms with Crippen molar-refractivity contribution in [1.29, 1.82) is 0 Å². The molecule has 68 heavy (non-hydrogen) atoms. The number of hydrogen-bond acceptors (Lipinski definition) is 16. The number of benzene rings is 3. The standard InChI is InChI=1S/C51H59NO16/c1-28-33(64-44(58)39(65-46(60)62-26-30-18-12-9-13-19-30)37(31-20-14-10-15-21-31)52-45(59)68-47(3,4)5)25-51(61)42(66-43(57)32-22-16-11-17-23-32)40-49(8,41(56)38(55)36(28)48(51,6)7)34(54)24-35-50(40,27-63-35)67-29(2)53/h9-23,28,33-37,39-40,42,54,61H,24-27H2,1-8H3,(H,52,59). The Labute approximate surface area is 394 Å². The van der Waals surface area contributed by atoms with Gasteiger partial charge in [-0.1, -0.05) is 99.6 Å². The third kappa shape index (κ3) is 9.10. The Bertz CT molecular complexity index is 2400. The number of Topliss-reactive ketones (excluding diaryl/α,β-unsaturated/α-hetero) is 2. The molecule has 3 aromatic rings. The number of carbonyl (C=O) groups is 7. The second-order valence-electron chi connectivity index (χ2n) is 20.0. The number of carbonyl (C=O) groups excluding carboxylic acids is 7. The van der Waals surface area contributed by atoms with Gasteiger partial charge in [0.25, 0.3) is 0 Å². The molecule has 3 aliphatic carbocycles. The summed E-state index contributed by atoms with van der Waals surface area (Å²) in [5.74, 6) is -9.31. The molecule has 1 amide bonds. The number of aliphatic hydroxyl groups is 2. The minimum Gasteiger partial charge on any atom is -0.459 e. The van der Waals surface area contributed by atoms with Gasteiger partial charge in [0, 0.05) is 37.0 Å². The predicted molar refractivity (Wildman–Crippen MR) is 238 cm³/mol. The number of ketones is 2. The number of alkyl carbamates (subject to hydrolysis) is 1. The first kappa shape index (κ1) is 49.7. The summed E-state index contributed by atoms with van der Waals surface area (Å²) in [7, 11) is 0. The van der Waals surface area contributed by atoms with Crippen LogP contribution in [0.15, 0.2) is 91.0 Å². The second-order valence-corrected chi connectivity index (χ2v) is 20.0. The van der Waals surface area contributed by atoms with Gasteiger partial charge in [0.1, 0.15) is 42.2 Å². The first-order chi connectivity index (χ1) is 31.9. The SMILES string of the molecule is CC(=O)OC12COC1CC(O)C1(C)C(=O)C(=O)C3C(C)C(OC(=O)C(OC(=O)OCc4ccccc4)C(NC(=O)OC(C)(C)C)c4ccccc4)CC(O)(C(OC(=O)c4ccccc4)C21)C3(C)C. The molecule has 1 saturated heterocycles. The van der Waals surface area contributed by atoms with Crippen molar-refractivity contribution in [3.63, 3.8) is 0 Å². The lowest BCUT2D eigenvalue weighted by Gasteiger charge is -2.67. The van der Waals surface area contributed by atoms with E-state index in [1.807, 2.05) is 0 Å². The van der Waals surface area contributed by atoms with E-state index in [0.29, 0.717) is 5.56 Å². The van der Waals surface area contributed by atoms with Crippen molar-refractivity contribution in [2.75, 3.05) is 6.61 Å². The smallest absolute Gasteiger partial charge is 0.459 e. The van der Waals surface area contributed by atoms with Crippen molar-refractivity contribution in [2.24, 2.45) is 28.6 Å². The van der Waals surface area contributed by atoms with Gasteiger partial charge in [-0.25, -0.2) is 19.2 Å². The molecule has 1 heterocycles. The number of aliphatic hydroxyl groups excluding tert-OH is 1. The second kappa shape index (κ2) is 18.7. The fourth-order valence-electron chi connectivity index (χ4n) is 10.8. The zero-order valence-corrected chi connectivity index (χ0v) is 39.3. The van der Waals surface area contributed by atoms with Crippen LogP contribution in [0, 0.1) is 28.6 Å². The van der Waals surface area contributed by atoms with Crippen LogP contribution in [-0.4, -0.2) is 106 Å². The van der Waals surface area contributed by atoms with E-state index in [9.17, 15) is 29.4 Å². The fourth-order valence-corrected chi connectivity index (χ4v) is 10.8. The molecule has 12 unspecified atom stereocenters. The van der Waals surface area contributed by atoms with Crippen LogP contribution in [0.5, 0.6) is 0 Å². The molecule has 12 atom stereocenters. The maximum atomic E-state index is 15.1. The van der Waals surface area contributed by atoms with E-state index in [2.05, 4.69) is 5.32 Å². The van der Waals surface area contributed by atoms with Gasteiger partial charge in [0.2, 0.25) is 17.7 Å². The van der Waals surface area contributed by atoms with Crippen LogP contribution >= 0.6 is 0 Å². The first-order valence-electron chi connectivity index (χ1n) is 22.6. The molecule has 0 spiro atoms. The summed E-state index contributed by atoms with van der Waals surface area (Å²) in [5.41, 5.74) is -8.14. The number of amides is 1. The monoisotopic (exact) mass is 941 g/mol. The number of ether oxygens (including phenoxy) is 7. The van der Waals surface area contributed by atoms with Crippen molar-refractivity contribution in [1.82, 2.24) is 5.32 Å². The normalized spacial score (nSPS) is 31.3. The van der Waals surface area contributed by atoms with Gasteiger partial charge < -0.3 is 48.7 Å². The predicted octanol–water partition coefficient (Wildman–Crippen LogP) is 5.76. The van der Waals surface area contributed by atoms with E-state index in [1.165, 1.54) is 32.9 Å². The average molecular weight is 942 g/mol. The van der Waals surface area contributed by atoms with Crippen LogP contribution in [0.3, 0.4) is 0 Å². The summed E-state index contributed by atoms with van der Waals surface area (Å²) in [4.78, 5) is 99.6. The van der Waals surface area contributed by atoms with Gasteiger partial charge >= 0.3 is 30.2 Å². The highest BCUT2D eigenvalue weighted by Gasteiger charge is 2.79. The molecule has 17 heteroatoms. The topological polar surface area (TPSA) is 237 Å². The summed E-state index contributed by atoms with van der Waals surface area (Å²) in [6.07, 6.45) is -11.2. The zero-order chi connectivity index (χ0) is 49.6. The molecule has 0 radical (unpaired) electrons. The Kier molecular flexibility index (Phi) is 13.7. The summed E-state index contributed by atoms with van der Waals surface area (Å²) >= 11 is 0. The quantitative estimate of drug-likeness (QED) is 0.118. The third-order valence-electron chi connectivity index (χ3n) is 14.3. The van der Waals surface area contributed by atoms with Gasteiger partial charge in [-0.3, -0.25) is 14.4 Å². The Morgan fingerprint density at radius 2 is 1.49 bits per heavy atom. The maximum Gasteiger partial charge on any atom is 0.509 e. The van der Waals surface area contributed by atoms with Crippen LogP contribution in [0.25, 0.3) is 0 Å². The molecule has 4 fully saturated rings. The first-order valence-corrected chi connectivity index (χ1v) is 22.6. The highest BCUT2D eigenvalue weighted by atomic mass is 16.7. The lowest BCUT2D eigenvalue weighted by atomic mass is 9.42. The van der Waals surface area contributed by atoms with E-state index in [4.69, 9.17) is 33.2 Å². The molecular weight excluding hydrogens is 883 g/mol. The maximum absolute atomic E-state index is 15.1. The molecule has 364 valence electrons. The van der Waals surface area contributed by atoms with Gasteiger partial charge in [-0.15, -0.1) is 0 Å². The molecular formula is C51H59NO16. The number of hydrogen-bond donors (Lipinski definition) is 3. The summed E-state index contributed by atoms with van der Waals surface area (Å²) < 4.78 is 41.3. The van der Waals surface area contributed by atoms with Crippen LogP contribution in [0.4, 0.5) is 9.59 Å². The van der Waals surface area contributed by atoms with E-state index < -0.39 is 130 Å².